The number of nitrogens with zero attached hydrogens (tertiary/aromatic N) is 3. The Labute approximate surface area is 108 Å². The molecule has 1 unspecified atom stereocenters. The van der Waals surface area contributed by atoms with E-state index in [1.165, 1.54) is 6.07 Å². The number of halogens is 3. The fraction of sp³-hybridized carbons (Fsp3) is 0.636. The predicted molar refractivity (Wildman–Crippen MR) is 65.8 cm³/mol. The van der Waals surface area contributed by atoms with Crippen LogP contribution in [0.25, 0.3) is 0 Å². The van der Waals surface area contributed by atoms with Crippen LogP contribution >= 0.6 is 11.8 Å². The summed E-state index contributed by atoms with van der Waals surface area (Å²) in [5, 5.41) is 6.97. The van der Waals surface area contributed by atoms with E-state index in [1.54, 1.807) is 11.8 Å². The van der Waals surface area contributed by atoms with Crippen molar-refractivity contribution in [3.05, 3.63) is 17.8 Å². The minimum atomic E-state index is -4.42. The number of anilines is 1. The van der Waals surface area contributed by atoms with Crippen molar-refractivity contribution in [3.63, 3.8) is 0 Å². The zero-order chi connectivity index (χ0) is 13.2. The first-order valence-electron chi connectivity index (χ1n) is 5.69. The van der Waals surface area contributed by atoms with E-state index in [-0.39, 0.29) is 0 Å². The second-order valence-corrected chi connectivity index (χ2v) is 5.13. The Morgan fingerprint density at radius 2 is 2.17 bits per heavy atom. The SMILES string of the molecule is CSCC1CCCN1c1ccc(C(F)(F)F)nn1. The first-order chi connectivity index (χ1) is 8.52. The third kappa shape index (κ3) is 2.88. The average Bonchev–Trinajstić information content (AvgIpc) is 2.77. The normalized spacial score (nSPS) is 20.4. The molecule has 0 radical (unpaired) electrons. The zero-order valence-electron chi connectivity index (χ0n) is 9.94. The van der Waals surface area contributed by atoms with Gasteiger partial charge in [0, 0.05) is 18.3 Å². The summed E-state index contributed by atoms with van der Waals surface area (Å²) in [6, 6.07) is 2.76. The van der Waals surface area contributed by atoms with Crippen molar-refractivity contribution in [1.29, 1.82) is 0 Å². The molecule has 0 saturated carbocycles. The molecule has 0 N–H and O–H groups in total. The van der Waals surface area contributed by atoms with Gasteiger partial charge in [-0.15, -0.1) is 10.2 Å². The second kappa shape index (κ2) is 5.34. The molecule has 1 aliphatic rings. The highest BCUT2D eigenvalue weighted by molar-refractivity contribution is 7.98. The maximum Gasteiger partial charge on any atom is 0.435 e. The van der Waals surface area contributed by atoms with E-state index in [4.69, 9.17) is 0 Å². The van der Waals surface area contributed by atoms with E-state index in [9.17, 15) is 13.2 Å². The van der Waals surface area contributed by atoms with Gasteiger partial charge in [0.1, 0.15) is 0 Å². The minimum absolute atomic E-state index is 0.353. The summed E-state index contributed by atoms with van der Waals surface area (Å²) in [7, 11) is 0. The molecule has 1 saturated heterocycles. The Morgan fingerprint density at radius 3 is 2.72 bits per heavy atom. The van der Waals surface area contributed by atoms with Gasteiger partial charge in [-0.2, -0.15) is 24.9 Å². The van der Waals surface area contributed by atoms with E-state index in [0.717, 1.165) is 31.2 Å². The van der Waals surface area contributed by atoms with Gasteiger partial charge in [0.15, 0.2) is 11.5 Å². The number of rotatable bonds is 3. The van der Waals surface area contributed by atoms with Crippen molar-refractivity contribution >= 4 is 17.6 Å². The Morgan fingerprint density at radius 1 is 1.39 bits per heavy atom. The van der Waals surface area contributed by atoms with Crippen LogP contribution in [0.5, 0.6) is 0 Å². The molecular formula is C11H14F3N3S. The van der Waals surface area contributed by atoms with Crippen molar-refractivity contribution in [2.24, 2.45) is 0 Å². The quantitative estimate of drug-likeness (QED) is 0.849. The van der Waals surface area contributed by atoms with Gasteiger partial charge in [0.2, 0.25) is 0 Å². The molecule has 1 fully saturated rings. The summed E-state index contributed by atoms with van der Waals surface area (Å²) in [5.74, 6) is 1.50. The van der Waals surface area contributed by atoms with Crippen LogP contribution in [0.3, 0.4) is 0 Å². The Kier molecular flexibility index (Phi) is 3.99. The summed E-state index contributed by atoms with van der Waals surface area (Å²) in [5.41, 5.74) is -0.938. The summed E-state index contributed by atoms with van der Waals surface area (Å²) in [6.07, 6.45) is -0.290. The fourth-order valence-electron chi connectivity index (χ4n) is 2.13. The van der Waals surface area contributed by atoms with Gasteiger partial charge in [-0.1, -0.05) is 0 Å². The lowest BCUT2D eigenvalue weighted by molar-refractivity contribution is -0.141. The van der Waals surface area contributed by atoms with Gasteiger partial charge in [-0.3, -0.25) is 0 Å². The molecule has 1 aromatic rings. The molecule has 2 rings (SSSR count). The first-order valence-corrected chi connectivity index (χ1v) is 7.08. The molecule has 0 aromatic carbocycles. The number of hydrogen-bond donors (Lipinski definition) is 0. The van der Waals surface area contributed by atoms with Crippen LogP contribution in [-0.4, -0.2) is 34.8 Å². The van der Waals surface area contributed by atoms with Gasteiger partial charge in [0.25, 0.3) is 0 Å². The topological polar surface area (TPSA) is 29.0 Å². The number of alkyl halides is 3. The lowest BCUT2D eigenvalue weighted by Crippen LogP contribution is -2.32. The Bertz CT molecular complexity index is 394. The van der Waals surface area contributed by atoms with Crippen LogP contribution in [0.1, 0.15) is 18.5 Å². The molecule has 0 spiro atoms. The summed E-state index contributed by atoms with van der Waals surface area (Å²) >= 11 is 1.73. The van der Waals surface area contributed by atoms with Crippen molar-refractivity contribution in [3.8, 4) is 0 Å². The van der Waals surface area contributed by atoms with Crippen LogP contribution in [0.4, 0.5) is 19.0 Å². The number of thioether (sulfide) groups is 1. The highest BCUT2D eigenvalue weighted by Crippen LogP contribution is 2.29. The van der Waals surface area contributed by atoms with Crippen LogP contribution in [0, 0.1) is 0 Å². The smallest absolute Gasteiger partial charge is 0.351 e. The zero-order valence-corrected chi connectivity index (χ0v) is 10.8. The molecule has 1 atom stereocenters. The van der Waals surface area contributed by atoms with E-state index >= 15 is 0 Å². The predicted octanol–water partition coefficient (Wildman–Crippen LogP) is 2.83. The van der Waals surface area contributed by atoms with E-state index in [1.807, 2.05) is 11.2 Å². The van der Waals surface area contributed by atoms with E-state index in [0.29, 0.717) is 11.9 Å². The van der Waals surface area contributed by atoms with Crippen molar-refractivity contribution in [2.45, 2.75) is 25.1 Å². The largest absolute Gasteiger partial charge is 0.435 e. The van der Waals surface area contributed by atoms with Gasteiger partial charge >= 0.3 is 6.18 Å². The standard InChI is InChI=1S/C11H14F3N3S/c1-18-7-8-3-2-6-17(8)10-5-4-9(15-16-10)11(12,13)14/h4-5,8H,2-3,6-7H2,1H3. The van der Waals surface area contributed by atoms with Crippen LogP contribution in [0.2, 0.25) is 0 Å². The Balaban J connectivity index is 2.14. The molecule has 100 valence electrons. The van der Waals surface area contributed by atoms with Crippen molar-refractivity contribution in [1.82, 2.24) is 10.2 Å². The lowest BCUT2D eigenvalue weighted by atomic mass is 10.2. The monoisotopic (exact) mass is 277 g/mol. The van der Waals surface area contributed by atoms with Gasteiger partial charge in [0.05, 0.1) is 0 Å². The molecule has 1 aliphatic heterocycles. The molecule has 18 heavy (non-hydrogen) atoms. The third-order valence-corrected chi connectivity index (χ3v) is 3.69. The van der Waals surface area contributed by atoms with Crippen LogP contribution in [0.15, 0.2) is 12.1 Å². The fourth-order valence-corrected chi connectivity index (χ4v) is 2.86. The lowest BCUT2D eigenvalue weighted by Gasteiger charge is -2.24. The first kappa shape index (κ1) is 13.5. The maximum atomic E-state index is 12.4. The summed E-state index contributed by atoms with van der Waals surface area (Å²) in [4.78, 5) is 2.05. The molecular weight excluding hydrogens is 263 g/mol. The van der Waals surface area contributed by atoms with Crippen LogP contribution < -0.4 is 4.90 Å². The van der Waals surface area contributed by atoms with Crippen molar-refractivity contribution < 1.29 is 13.2 Å². The van der Waals surface area contributed by atoms with Crippen molar-refractivity contribution in [2.75, 3.05) is 23.5 Å². The highest BCUT2D eigenvalue weighted by atomic mass is 32.2. The molecule has 7 heteroatoms. The number of hydrogen-bond acceptors (Lipinski definition) is 4. The summed E-state index contributed by atoms with van der Waals surface area (Å²) < 4.78 is 37.1. The average molecular weight is 277 g/mol. The van der Waals surface area contributed by atoms with Gasteiger partial charge < -0.3 is 4.90 Å². The minimum Gasteiger partial charge on any atom is -0.351 e. The third-order valence-electron chi connectivity index (χ3n) is 2.97. The highest BCUT2D eigenvalue weighted by Gasteiger charge is 2.33. The van der Waals surface area contributed by atoms with E-state index < -0.39 is 11.9 Å². The number of aromatic nitrogens is 2. The molecule has 0 amide bonds. The van der Waals surface area contributed by atoms with Gasteiger partial charge in [-0.25, -0.2) is 0 Å². The molecule has 2 heterocycles. The maximum absolute atomic E-state index is 12.4. The molecule has 0 aliphatic carbocycles. The summed E-state index contributed by atoms with van der Waals surface area (Å²) in [6.45, 7) is 0.839. The molecule has 1 aromatic heterocycles. The van der Waals surface area contributed by atoms with Crippen LogP contribution in [-0.2, 0) is 6.18 Å². The second-order valence-electron chi connectivity index (χ2n) is 4.22. The molecule has 0 bridgehead atoms. The molecule has 3 nitrogen and oxygen atoms in total. The van der Waals surface area contributed by atoms with E-state index in [2.05, 4.69) is 10.2 Å². The van der Waals surface area contributed by atoms with Gasteiger partial charge in [-0.05, 0) is 31.2 Å². The Hall–Kier alpha value is -0.980.